The number of nitrogens with zero attached hydrogens (tertiary/aromatic N) is 1. The molecule has 0 radical (unpaired) electrons. The van der Waals surface area contributed by atoms with Crippen LogP contribution >= 0.6 is 0 Å². The number of fused-ring (bicyclic) bond motifs is 6. The zero-order valence-electron chi connectivity index (χ0n) is 29.5. The molecule has 0 amide bonds. The Morgan fingerprint density at radius 1 is 0.509 bits per heavy atom. The monoisotopic (exact) mass is 679 g/mol. The fourth-order valence-corrected chi connectivity index (χ4v) is 8.31. The number of furan rings is 1. The first-order valence-corrected chi connectivity index (χ1v) is 18.4. The summed E-state index contributed by atoms with van der Waals surface area (Å²) in [7, 11) is 0. The molecule has 0 bridgehead atoms. The first-order valence-electron chi connectivity index (χ1n) is 18.4. The van der Waals surface area contributed by atoms with Gasteiger partial charge in [-0.05, 0) is 92.7 Å². The lowest BCUT2D eigenvalue weighted by Gasteiger charge is -2.35. The molecule has 0 saturated heterocycles. The van der Waals surface area contributed by atoms with E-state index < -0.39 is 0 Å². The molecule has 0 fully saturated rings. The van der Waals surface area contributed by atoms with Gasteiger partial charge in [-0.3, -0.25) is 0 Å². The molecule has 8 aromatic carbocycles. The molecule has 1 unspecified atom stereocenters. The molecule has 2 nitrogen and oxygen atoms in total. The Hall–Kier alpha value is -6.64. The van der Waals surface area contributed by atoms with Crippen LogP contribution < -0.4 is 4.90 Å². The summed E-state index contributed by atoms with van der Waals surface area (Å²) in [5.41, 5.74) is 11.0. The van der Waals surface area contributed by atoms with E-state index in [0.717, 1.165) is 56.6 Å². The van der Waals surface area contributed by atoms with Gasteiger partial charge in [-0.1, -0.05) is 159 Å². The number of allylic oxidation sites excluding steroid dienone is 3. The summed E-state index contributed by atoms with van der Waals surface area (Å²) in [6, 6.07) is 63.2. The number of benzene rings is 8. The van der Waals surface area contributed by atoms with Gasteiger partial charge in [-0.2, -0.15) is 0 Å². The van der Waals surface area contributed by atoms with Crippen LogP contribution in [0.25, 0.3) is 65.7 Å². The Kier molecular flexibility index (Phi) is 7.37. The van der Waals surface area contributed by atoms with Crippen LogP contribution in [-0.2, 0) is 5.41 Å². The smallest absolute Gasteiger partial charge is 0.136 e. The van der Waals surface area contributed by atoms with E-state index in [4.69, 9.17) is 4.42 Å². The van der Waals surface area contributed by atoms with Crippen molar-refractivity contribution < 1.29 is 4.42 Å². The average Bonchev–Trinajstić information content (AvgIpc) is 3.60. The summed E-state index contributed by atoms with van der Waals surface area (Å²) in [6.45, 7) is 2.37. The fraction of sp³-hybridized carbons (Fsp3) is 0.0588. The fourth-order valence-electron chi connectivity index (χ4n) is 8.31. The lowest BCUT2D eigenvalue weighted by atomic mass is 9.74. The summed E-state index contributed by atoms with van der Waals surface area (Å²) < 4.78 is 6.36. The molecule has 53 heavy (non-hydrogen) atoms. The number of rotatable bonds is 6. The molecule has 0 spiro atoms. The third-order valence-electron chi connectivity index (χ3n) is 11.1. The topological polar surface area (TPSA) is 16.4 Å². The molecule has 1 aliphatic carbocycles. The van der Waals surface area contributed by atoms with Gasteiger partial charge in [-0.15, -0.1) is 0 Å². The van der Waals surface area contributed by atoms with Crippen LogP contribution in [0.2, 0.25) is 0 Å². The molecule has 252 valence electrons. The van der Waals surface area contributed by atoms with Crippen molar-refractivity contribution in [3.63, 3.8) is 0 Å². The van der Waals surface area contributed by atoms with Crippen molar-refractivity contribution in [3.8, 4) is 22.3 Å². The van der Waals surface area contributed by atoms with E-state index >= 15 is 0 Å². The maximum Gasteiger partial charge on any atom is 0.136 e. The molecular formula is C51H37NO. The van der Waals surface area contributed by atoms with Crippen LogP contribution in [0.5, 0.6) is 0 Å². The van der Waals surface area contributed by atoms with Gasteiger partial charge in [0.1, 0.15) is 11.2 Å². The minimum atomic E-state index is -0.172. The number of anilines is 2. The molecule has 0 N–H and O–H groups in total. The molecular weight excluding hydrogens is 643 g/mol. The van der Waals surface area contributed by atoms with Crippen molar-refractivity contribution in [1.82, 2.24) is 0 Å². The van der Waals surface area contributed by atoms with Crippen molar-refractivity contribution in [2.75, 3.05) is 4.90 Å². The van der Waals surface area contributed by atoms with Crippen molar-refractivity contribution in [3.05, 3.63) is 205 Å². The van der Waals surface area contributed by atoms with Crippen LogP contribution in [0, 0.1) is 0 Å². The van der Waals surface area contributed by atoms with Crippen LogP contribution in [0.3, 0.4) is 0 Å². The summed E-state index contributed by atoms with van der Waals surface area (Å²) >= 11 is 0. The Morgan fingerprint density at radius 2 is 1.23 bits per heavy atom. The number of hydrogen-bond acceptors (Lipinski definition) is 2. The zero-order chi connectivity index (χ0) is 35.4. The maximum absolute atomic E-state index is 6.36. The average molecular weight is 680 g/mol. The standard InChI is InChI=1S/C51H37NO/c1-51(47-22-12-21-43-41-18-6-5-15-36(41)25-27-44(43)47)31-29-39(30-32-51)52(40-17-11-16-37(33-40)35-13-3-2-4-14-35)48-23-9-7-19-42(48)38-26-28-46-45-20-8-10-24-49(45)53-50(46)34-38/h2-31,33-34H,32H2,1H3. The van der Waals surface area contributed by atoms with Crippen LogP contribution in [0.1, 0.15) is 18.9 Å². The number of para-hydroxylation sites is 2. The van der Waals surface area contributed by atoms with Gasteiger partial charge in [0.2, 0.25) is 0 Å². The zero-order valence-corrected chi connectivity index (χ0v) is 29.5. The van der Waals surface area contributed by atoms with Gasteiger partial charge in [0.25, 0.3) is 0 Å². The summed E-state index contributed by atoms with van der Waals surface area (Å²) in [5.74, 6) is 0. The third kappa shape index (κ3) is 5.34. The van der Waals surface area contributed by atoms with E-state index in [-0.39, 0.29) is 5.41 Å². The molecule has 10 rings (SSSR count). The van der Waals surface area contributed by atoms with Gasteiger partial charge in [0.05, 0.1) is 5.69 Å². The molecule has 0 saturated carbocycles. The largest absolute Gasteiger partial charge is 0.456 e. The van der Waals surface area contributed by atoms with Gasteiger partial charge >= 0.3 is 0 Å². The van der Waals surface area contributed by atoms with E-state index in [1.165, 1.54) is 38.2 Å². The van der Waals surface area contributed by atoms with Gasteiger partial charge < -0.3 is 9.32 Å². The van der Waals surface area contributed by atoms with Crippen LogP contribution in [0.4, 0.5) is 11.4 Å². The maximum atomic E-state index is 6.36. The second-order valence-corrected chi connectivity index (χ2v) is 14.3. The van der Waals surface area contributed by atoms with E-state index in [1.807, 2.05) is 12.1 Å². The Labute approximate surface area is 309 Å². The Morgan fingerprint density at radius 3 is 2.11 bits per heavy atom. The highest BCUT2D eigenvalue weighted by Gasteiger charge is 2.29. The van der Waals surface area contributed by atoms with E-state index in [2.05, 4.69) is 194 Å². The molecule has 1 aliphatic rings. The minimum Gasteiger partial charge on any atom is -0.456 e. The highest BCUT2D eigenvalue weighted by molar-refractivity contribution is 6.09. The normalized spacial score (nSPS) is 15.7. The van der Waals surface area contributed by atoms with E-state index in [1.54, 1.807) is 0 Å². The summed E-state index contributed by atoms with van der Waals surface area (Å²) in [4.78, 5) is 2.43. The Balaban J connectivity index is 1.10. The third-order valence-corrected chi connectivity index (χ3v) is 11.1. The highest BCUT2D eigenvalue weighted by Crippen LogP contribution is 2.45. The quantitative estimate of drug-likeness (QED) is 0.163. The molecule has 1 aromatic heterocycles. The molecule has 9 aromatic rings. The predicted molar refractivity (Wildman–Crippen MR) is 224 cm³/mol. The second kappa shape index (κ2) is 12.5. The predicted octanol–water partition coefficient (Wildman–Crippen LogP) is 14.2. The number of hydrogen-bond donors (Lipinski definition) is 0. The van der Waals surface area contributed by atoms with Gasteiger partial charge in [0.15, 0.2) is 0 Å². The first-order chi connectivity index (χ1) is 26.1. The first kappa shape index (κ1) is 31.1. The van der Waals surface area contributed by atoms with E-state index in [9.17, 15) is 0 Å². The van der Waals surface area contributed by atoms with Gasteiger partial charge in [-0.25, -0.2) is 0 Å². The summed E-state index contributed by atoms with van der Waals surface area (Å²) in [5, 5.41) is 7.46. The SMILES string of the molecule is CC1(c2cccc3c2ccc2ccccc23)C=CC(N(c2cccc(-c3ccccc3)c2)c2ccccc2-c2ccc3c(c2)oc2ccccc23)=CC1. The van der Waals surface area contributed by atoms with Gasteiger partial charge in [0, 0.05) is 33.1 Å². The van der Waals surface area contributed by atoms with Crippen molar-refractivity contribution in [2.45, 2.75) is 18.8 Å². The summed E-state index contributed by atoms with van der Waals surface area (Å²) in [6.07, 6.45) is 8.04. The highest BCUT2D eigenvalue weighted by atomic mass is 16.3. The molecule has 1 heterocycles. The second-order valence-electron chi connectivity index (χ2n) is 14.3. The molecule has 0 aliphatic heterocycles. The molecule has 1 atom stereocenters. The minimum absolute atomic E-state index is 0.172. The van der Waals surface area contributed by atoms with Crippen molar-refractivity contribution in [2.24, 2.45) is 0 Å². The Bertz CT molecular complexity index is 2890. The van der Waals surface area contributed by atoms with Crippen LogP contribution in [0.15, 0.2) is 204 Å². The molecule has 2 heteroatoms. The van der Waals surface area contributed by atoms with Crippen molar-refractivity contribution >= 4 is 54.9 Å². The lowest BCUT2D eigenvalue weighted by molar-refractivity contribution is 0.601. The van der Waals surface area contributed by atoms with Crippen molar-refractivity contribution in [1.29, 1.82) is 0 Å². The van der Waals surface area contributed by atoms with Crippen LogP contribution in [-0.4, -0.2) is 0 Å². The lowest BCUT2D eigenvalue weighted by Crippen LogP contribution is -2.25. The van der Waals surface area contributed by atoms with E-state index in [0.29, 0.717) is 0 Å².